The molecule has 2 aromatic rings. The SMILES string of the molecule is COC(=O)Cc1cc2c(c(-c3ccccc3)c1)NC(C(F)(F)F)CC2. The summed E-state index contributed by atoms with van der Waals surface area (Å²) in [5.74, 6) is -0.379. The molecule has 0 saturated carbocycles. The molecule has 1 atom stereocenters. The van der Waals surface area contributed by atoms with E-state index in [4.69, 9.17) is 4.74 Å². The number of ether oxygens (including phenoxy) is 1. The summed E-state index contributed by atoms with van der Waals surface area (Å²) in [5, 5.41) is 2.66. The smallest absolute Gasteiger partial charge is 0.408 e. The van der Waals surface area contributed by atoms with Gasteiger partial charge in [-0.2, -0.15) is 13.2 Å². The highest BCUT2D eigenvalue weighted by Crippen LogP contribution is 2.40. The lowest BCUT2D eigenvalue weighted by Crippen LogP contribution is -2.39. The van der Waals surface area contributed by atoms with Crippen LogP contribution in [0.5, 0.6) is 0 Å². The molecule has 1 aliphatic heterocycles. The fraction of sp³-hybridized carbons (Fsp3) is 0.316. The van der Waals surface area contributed by atoms with Gasteiger partial charge in [-0.1, -0.05) is 36.4 Å². The van der Waals surface area contributed by atoms with Gasteiger partial charge in [-0.05, 0) is 35.6 Å². The van der Waals surface area contributed by atoms with Crippen LogP contribution in [-0.2, 0) is 22.4 Å². The quantitative estimate of drug-likeness (QED) is 0.837. The number of alkyl halides is 3. The summed E-state index contributed by atoms with van der Waals surface area (Å²) in [6, 6.07) is 11.2. The molecule has 25 heavy (non-hydrogen) atoms. The van der Waals surface area contributed by atoms with E-state index in [-0.39, 0.29) is 18.8 Å². The van der Waals surface area contributed by atoms with Gasteiger partial charge in [-0.3, -0.25) is 4.79 Å². The van der Waals surface area contributed by atoms with Crippen LogP contribution in [0.15, 0.2) is 42.5 Å². The van der Waals surface area contributed by atoms with E-state index in [0.717, 1.165) is 16.7 Å². The molecule has 132 valence electrons. The lowest BCUT2D eigenvalue weighted by atomic mass is 9.89. The Morgan fingerprint density at radius 1 is 1.24 bits per heavy atom. The summed E-state index contributed by atoms with van der Waals surface area (Å²) in [7, 11) is 1.31. The summed E-state index contributed by atoms with van der Waals surface area (Å²) in [6.45, 7) is 0. The number of fused-ring (bicyclic) bond motifs is 1. The number of benzene rings is 2. The molecule has 0 aliphatic carbocycles. The van der Waals surface area contributed by atoms with Gasteiger partial charge >= 0.3 is 12.1 Å². The largest absolute Gasteiger partial charge is 0.469 e. The van der Waals surface area contributed by atoms with Crippen LogP contribution >= 0.6 is 0 Å². The van der Waals surface area contributed by atoms with Crippen molar-refractivity contribution in [3.8, 4) is 11.1 Å². The number of methoxy groups -OCH3 is 1. The van der Waals surface area contributed by atoms with E-state index in [1.54, 1.807) is 12.1 Å². The summed E-state index contributed by atoms with van der Waals surface area (Å²) in [5.41, 5.74) is 3.50. The number of hydrogen-bond donors (Lipinski definition) is 1. The highest BCUT2D eigenvalue weighted by Gasteiger charge is 2.41. The van der Waals surface area contributed by atoms with Crippen molar-refractivity contribution in [2.24, 2.45) is 0 Å². The highest BCUT2D eigenvalue weighted by atomic mass is 19.4. The van der Waals surface area contributed by atoms with Crippen LogP contribution in [0.3, 0.4) is 0 Å². The average molecular weight is 349 g/mol. The van der Waals surface area contributed by atoms with Crippen LogP contribution in [0.25, 0.3) is 11.1 Å². The first-order valence-corrected chi connectivity index (χ1v) is 8.00. The molecule has 0 amide bonds. The van der Waals surface area contributed by atoms with Crippen molar-refractivity contribution < 1.29 is 22.7 Å². The molecule has 1 unspecified atom stereocenters. The van der Waals surface area contributed by atoms with Crippen LogP contribution in [0.1, 0.15) is 17.5 Å². The van der Waals surface area contributed by atoms with Crippen molar-refractivity contribution in [3.63, 3.8) is 0 Å². The summed E-state index contributed by atoms with van der Waals surface area (Å²) < 4.78 is 44.1. The van der Waals surface area contributed by atoms with Gasteiger partial charge in [0.15, 0.2) is 0 Å². The van der Waals surface area contributed by atoms with E-state index < -0.39 is 12.2 Å². The van der Waals surface area contributed by atoms with Crippen LogP contribution in [0, 0.1) is 0 Å². The number of nitrogens with one attached hydrogen (secondary N) is 1. The Morgan fingerprint density at radius 3 is 2.60 bits per heavy atom. The maximum Gasteiger partial charge on any atom is 0.408 e. The second-order valence-electron chi connectivity index (χ2n) is 6.07. The minimum atomic E-state index is -4.30. The zero-order valence-corrected chi connectivity index (χ0v) is 13.7. The lowest BCUT2D eigenvalue weighted by Gasteiger charge is -2.31. The van der Waals surface area contributed by atoms with Gasteiger partial charge in [-0.25, -0.2) is 0 Å². The van der Waals surface area contributed by atoms with E-state index in [2.05, 4.69) is 5.32 Å². The Hall–Kier alpha value is -2.50. The Morgan fingerprint density at radius 2 is 1.96 bits per heavy atom. The predicted octanol–water partition coefficient (Wildman–Crippen LogP) is 4.36. The molecule has 0 spiro atoms. The van der Waals surface area contributed by atoms with Crippen molar-refractivity contribution in [1.29, 1.82) is 0 Å². The standard InChI is InChI=1S/C19H18F3NO2/c1-25-17(24)11-12-9-14-7-8-16(19(20,21)22)23-18(14)15(10-12)13-5-3-2-4-6-13/h2-6,9-10,16,23H,7-8,11H2,1H3. The molecule has 0 aromatic heterocycles. The minimum absolute atomic E-state index is 0.0214. The van der Waals surface area contributed by atoms with E-state index >= 15 is 0 Å². The van der Waals surface area contributed by atoms with Gasteiger partial charge in [0.1, 0.15) is 6.04 Å². The second-order valence-corrected chi connectivity index (χ2v) is 6.07. The Labute approximate surface area is 143 Å². The fourth-order valence-electron chi connectivity index (χ4n) is 3.11. The third-order valence-electron chi connectivity index (χ3n) is 4.36. The van der Waals surface area contributed by atoms with Gasteiger partial charge in [0.25, 0.3) is 0 Å². The van der Waals surface area contributed by atoms with Crippen molar-refractivity contribution in [2.45, 2.75) is 31.5 Å². The normalized spacial score (nSPS) is 16.7. The van der Waals surface area contributed by atoms with Gasteiger partial charge in [0, 0.05) is 11.3 Å². The number of hydrogen-bond acceptors (Lipinski definition) is 3. The van der Waals surface area contributed by atoms with Gasteiger partial charge in [0.05, 0.1) is 13.5 Å². The number of rotatable bonds is 3. The molecule has 0 saturated heterocycles. The van der Waals surface area contributed by atoms with Crippen molar-refractivity contribution in [1.82, 2.24) is 0 Å². The van der Waals surface area contributed by atoms with Gasteiger partial charge < -0.3 is 10.1 Å². The molecular formula is C19H18F3NO2. The Balaban J connectivity index is 2.07. The van der Waals surface area contributed by atoms with Crippen LogP contribution < -0.4 is 5.32 Å². The predicted molar refractivity (Wildman–Crippen MR) is 89.4 cm³/mol. The number of esters is 1. The van der Waals surface area contributed by atoms with Gasteiger partial charge in [0.2, 0.25) is 0 Å². The zero-order valence-electron chi connectivity index (χ0n) is 13.7. The van der Waals surface area contributed by atoms with Crippen LogP contribution in [0.2, 0.25) is 0 Å². The molecule has 0 radical (unpaired) electrons. The molecule has 3 rings (SSSR count). The van der Waals surface area contributed by atoms with Crippen molar-refractivity contribution in [3.05, 3.63) is 53.6 Å². The van der Waals surface area contributed by atoms with E-state index in [9.17, 15) is 18.0 Å². The third kappa shape index (κ3) is 3.78. The summed E-state index contributed by atoms with van der Waals surface area (Å²) >= 11 is 0. The van der Waals surface area contributed by atoms with Crippen LogP contribution in [0.4, 0.5) is 18.9 Å². The Bertz CT molecular complexity index is 772. The number of aryl methyl sites for hydroxylation is 1. The molecule has 1 heterocycles. The molecule has 1 N–H and O–H groups in total. The van der Waals surface area contributed by atoms with Gasteiger partial charge in [-0.15, -0.1) is 0 Å². The number of anilines is 1. The number of carbonyl (C=O) groups is 1. The monoisotopic (exact) mass is 349 g/mol. The second kappa shape index (κ2) is 6.78. The maximum atomic E-state index is 13.1. The molecule has 3 nitrogen and oxygen atoms in total. The lowest BCUT2D eigenvalue weighted by molar-refractivity contribution is -0.144. The fourth-order valence-corrected chi connectivity index (χ4v) is 3.11. The topological polar surface area (TPSA) is 38.3 Å². The highest BCUT2D eigenvalue weighted by molar-refractivity contribution is 5.83. The average Bonchev–Trinajstić information content (AvgIpc) is 2.60. The molecule has 2 aromatic carbocycles. The number of carbonyl (C=O) groups excluding carboxylic acids is 1. The molecule has 1 aliphatic rings. The van der Waals surface area contributed by atoms with Crippen LogP contribution in [-0.4, -0.2) is 25.3 Å². The molecular weight excluding hydrogens is 331 g/mol. The first-order valence-electron chi connectivity index (χ1n) is 8.00. The van der Waals surface area contributed by atoms with E-state index in [1.807, 2.05) is 30.3 Å². The summed E-state index contributed by atoms with van der Waals surface area (Å²) in [4.78, 5) is 11.6. The summed E-state index contributed by atoms with van der Waals surface area (Å²) in [6.07, 6.45) is -3.92. The van der Waals surface area contributed by atoms with Crippen molar-refractivity contribution in [2.75, 3.05) is 12.4 Å². The van der Waals surface area contributed by atoms with Crippen molar-refractivity contribution >= 4 is 11.7 Å². The molecule has 6 heteroatoms. The van der Waals surface area contributed by atoms with E-state index in [1.165, 1.54) is 7.11 Å². The Kier molecular flexibility index (Phi) is 4.70. The number of halogens is 3. The third-order valence-corrected chi connectivity index (χ3v) is 4.36. The molecule has 0 bridgehead atoms. The zero-order chi connectivity index (χ0) is 18.0. The van der Waals surface area contributed by atoms with E-state index in [0.29, 0.717) is 17.7 Å². The first kappa shape index (κ1) is 17.3. The molecule has 0 fully saturated rings. The minimum Gasteiger partial charge on any atom is -0.469 e. The maximum absolute atomic E-state index is 13.1. The first-order chi connectivity index (χ1) is 11.9.